The van der Waals surface area contributed by atoms with Gasteiger partial charge in [0.2, 0.25) is 5.91 Å². The van der Waals surface area contributed by atoms with Gasteiger partial charge in [-0.05, 0) is 47.7 Å². The third-order valence-corrected chi connectivity index (χ3v) is 7.44. The second-order valence-corrected chi connectivity index (χ2v) is 10.2. The Labute approximate surface area is 237 Å². The minimum Gasteiger partial charge on any atom is -0.493 e. The highest BCUT2D eigenvalue weighted by Crippen LogP contribution is 2.38. The van der Waals surface area contributed by atoms with Gasteiger partial charge in [-0.2, -0.15) is 0 Å². The number of thioether (sulfide) groups is 1. The van der Waals surface area contributed by atoms with Crippen molar-refractivity contribution in [3.05, 3.63) is 51.3 Å². The number of rotatable bonds is 9. The van der Waals surface area contributed by atoms with Crippen molar-refractivity contribution in [2.75, 3.05) is 63.9 Å². The molecule has 0 bridgehead atoms. The second-order valence-electron chi connectivity index (χ2n) is 8.32. The number of methoxy groups -OCH3 is 2. The molecule has 1 N–H and O–H groups in total. The van der Waals surface area contributed by atoms with Gasteiger partial charge in [0.05, 0.1) is 43.7 Å². The number of halogens is 1. The molecule has 2 fully saturated rings. The maximum Gasteiger partial charge on any atom is 0.343 e. The number of hydrogen-bond acceptors (Lipinski definition) is 10. The fourth-order valence-electron chi connectivity index (χ4n) is 3.90. The van der Waals surface area contributed by atoms with Crippen LogP contribution in [-0.4, -0.2) is 81.6 Å². The molecule has 2 heterocycles. The summed E-state index contributed by atoms with van der Waals surface area (Å²) in [6.45, 7) is 1.84. The fraction of sp³-hybridized carbons (Fsp3) is 0.308. The summed E-state index contributed by atoms with van der Waals surface area (Å²) in [5.41, 5.74) is 1.98. The molecular formula is C26H26BrN3O8S. The molecule has 13 heteroatoms. The monoisotopic (exact) mass is 619 g/mol. The van der Waals surface area contributed by atoms with E-state index in [2.05, 4.69) is 30.9 Å². The molecule has 206 valence electrons. The van der Waals surface area contributed by atoms with Crippen LogP contribution in [0, 0.1) is 0 Å². The quantitative estimate of drug-likeness (QED) is 0.329. The molecule has 11 nitrogen and oxygen atoms in total. The van der Waals surface area contributed by atoms with Crippen LogP contribution in [0.1, 0.15) is 5.56 Å². The molecular weight excluding hydrogens is 594 g/mol. The van der Waals surface area contributed by atoms with Crippen molar-refractivity contribution in [2.24, 2.45) is 0 Å². The van der Waals surface area contributed by atoms with Crippen molar-refractivity contribution in [3.63, 3.8) is 0 Å². The number of benzene rings is 2. The molecule has 0 atom stereocenters. The topological polar surface area (TPSA) is 124 Å². The van der Waals surface area contributed by atoms with Crippen molar-refractivity contribution in [1.82, 2.24) is 4.90 Å². The van der Waals surface area contributed by atoms with E-state index in [1.165, 1.54) is 20.3 Å². The van der Waals surface area contributed by atoms with Gasteiger partial charge in [0.15, 0.2) is 18.1 Å². The van der Waals surface area contributed by atoms with Gasteiger partial charge in [-0.1, -0.05) is 28.1 Å². The van der Waals surface area contributed by atoms with Crippen molar-refractivity contribution in [2.45, 2.75) is 0 Å². The average molecular weight is 620 g/mol. The normalized spacial score (nSPS) is 16.4. The lowest BCUT2D eigenvalue weighted by molar-refractivity contribution is -0.143. The second kappa shape index (κ2) is 13.0. The summed E-state index contributed by atoms with van der Waals surface area (Å²) in [5, 5.41) is 2.28. The van der Waals surface area contributed by atoms with E-state index in [4.69, 9.17) is 14.2 Å². The highest BCUT2D eigenvalue weighted by atomic mass is 79.9. The number of esters is 1. The molecule has 0 aromatic heterocycles. The van der Waals surface area contributed by atoms with Gasteiger partial charge in [-0.25, -0.2) is 4.79 Å². The zero-order chi connectivity index (χ0) is 27.9. The molecule has 0 saturated carbocycles. The van der Waals surface area contributed by atoms with Crippen LogP contribution in [-0.2, 0) is 23.9 Å². The van der Waals surface area contributed by atoms with Crippen molar-refractivity contribution in [1.29, 1.82) is 0 Å². The number of ether oxygens (including phenoxy) is 4. The van der Waals surface area contributed by atoms with E-state index in [9.17, 15) is 19.2 Å². The van der Waals surface area contributed by atoms with Crippen LogP contribution in [0.25, 0.3) is 6.08 Å². The van der Waals surface area contributed by atoms with E-state index < -0.39 is 29.6 Å². The van der Waals surface area contributed by atoms with E-state index in [-0.39, 0.29) is 17.3 Å². The summed E-state index contributed by atoms with van der Waals surface area (Å²) in [4.78, 5) is 53.1. The number of amides is 3. The summed E-state index contributed by atoms with van der Waals surface area (Å²) in [6.07, 6.45) is 1.52. The minimum absolute atomic E-state index is 0.146. The Hall–Kier alpha value is -3.55. The van der Waals surface area contributed by atoms with E-state index in [0.29, 0.717) is 47.8 Å². The first-order valence-corrected chi connectivity index (χ1v) is 13.5. The number of para-hydroxylation sites is 2. The number of hydrogen-bond donors (Lipinski definition) is 1. The molecule has 39 heavy (non-hydrogen) atoms. The summed E-state index contributed by atoms with van der Waals surface area (Å²) in [6, 6.07) is 10.5. The third kappa shape index (κ3) is 6.91. The zero-order valence-electron chi connectivity index (χ0n) is 21.2. The molecule has 2 aromatic rings. The molecule has 3 amide bonds. The lowest BCUT2D eigenvalue weighted by atomic mass is 10.2. The number of nitrogens with one attached hydrogen (secondary N) is 1. The predicted molar refractivity (Wildman–Crippen MR) is 149 cm³/mol. The van der Waals surface area contributed by atoms with E-state index >= 15 is 0 Å². The highest BCUT2D eigenvalue weighted by molar-refractivity contribution is 9.10. The lowest BCUT2D eigenvalue weighted by Gasteiger charge is -2.30. The first kappa shape index (κ1) is 28.5. The molecule has 2 aromatic carbocycles. The first-order valence-electron chi connectivity index (χ1n) is 11.8. The summed E-state index contributed by atoms with van der Waals surface area (Å²) < 4.78 is 21.3. The SMILES string of the molecule is COC(=O)COc1cc(Br)c(/C=C2/SC(=O)N(CC(=O)Nc3ccccc3N3CCOCC3)C2=O)cc1OC. The van der Waals surface area contributed by atoms with Gasteiger partial charge >= 0.3 is 5.97 Å². The third-order valence-electron chi connectivity index (χ3n) is 5.85. The summed E-state index contributed by atoms with van der Waals surface area (Å²) >= 11 is 4.15. The van der Waals surface area contributed by atoms with Crippen LogP contribution in [0.4, 0.5) is 16.2 Å². The van der Waals surface area contributed by atoms with Crippen molar-refractivity contribution < 1.29 is 38.1 Å². The van der Waals surface area contributed by atoms with E-state index in [1.54, 1.807) is 24.3 Å². The van der Waals surface area contributed by atoms with Crippen molar-refractivity contribution >= 4 is 68.2 Å². The number of nitrogens with zero attached hydrogens (tertiary/aromatic N) is 2. The van der Waals surface area contributed by atoms with Gasteiger partial charge in [0.25, 0.3) is 11.1 Å². The van der Waals surface area contributed by atoms with Gasteiger partial charge in [0.1, 0.15) is 6.54 Å². The highest BCUT2D eigenvalue weighted by Gasteiger charge is 2.36. The Kier molecular flexibility index (Phi) is 9.49. The van der Waals surface area contributed by atoms with Crippen molar-refractivity contribution in [3.8, 4) is 11.5 Å². The standard InChI is InChI=1S/C26H26BrN3O8S/c1-35-20-11-16(17(27)13-21(20)38-15-24(32)36-2)12-22-25(33)30(26(34)39-22)14-23(31)28-18-5-3-4-6-19(18)29-7-9-37-10-8-29/h3-6,11-13H,7-10,14-15H2,1-2H3,(H,28,31)/b22-12+. The number of carbonyl (C=O) groups is 4. The van der Waals surface area contributed by atoms with Crippen LogP contribution < -0.4 is 19.7 Å². The molecule has 4 rings (SSSR count). The predicted octanol–water partition coefficient (Wildman–Crippen LogP) is 3.52. The minimum atomic E-state index is -0.585. The largest absolute Gasteiger partial charge is 0.493 e. The molecule has 2 aliphatic heterocycles. The maximum absolute atomic E-state index is 13.1. The Balaban J connectivity index is 1.46. The fourth-order valence-corrected chi connectivity index (χ4v) is 5.17. The lowest BCUT2D eigenvalue weighted by Crippen LogP contribution is -2.38. The summed E-state index contributed by atoms with van der Waals surface area (Å²) in [5.74, 6) is -1.03. The first-order chi connectivity index (χ1) is 18.8. The summed E-state index contributed by atoms with van der Waals surface area (Å²) in [7, 11) is 2.69. The molecule has 0 aliphatic carbocycles. The van der Waals surface area contributed by atoms with E-state index in [0.717, 1.165) is 22.3 Å². The Morgan fingerprint density at radius 3 is 2.59 bits per heavy atom. The zero-order valence-corrected chi connectivity index (χ0v) is 23.6. The molecule has 2 saturated heterocycles. The smallest absolute Gasteiger partial charge is 0.343 e. The van der Waals surface area contributed by atoms with E-state index in [1.807, 2.05) is 12.1 Å². The molecule has 0 spiro atoms. The molecule has 0 unspecified atom stereocenters. The number of carbonyl (C=O) groups excluding carboxylic acids is 4. The van der Waals surface area contributed by atoms with Gasteiger partial charge in [-0.15, -0.1) is 0 Å². The average Bonchev–Trinajstić information content (AvgIpc) is 3.20. The number of anilines is 2. The van der Waals surface area contributed by atoms with Crippen LogP contribution in [0.2, 0.25) is 0 Å². The molecule has 0 radical (unpaired) electrons. The molecule has 2 aliphatic rings. The number of morpholine rings is 1. The van der Waals surface area contributed by atoms with Gasteiger partial charge < -0.3 is 29.2 Å². The number of imide groups is 1. The Morgan fingerprint density at radius 2 is 1.87 bits per heavy atom. The Bertz CT molecular complexity index is 1310. The van der Waals surface area contributed by atoms with Crippen LogP contribution in [0.15, 0.2) is 45.8 Å². The van der Waals surface area contributed by atoms with Crippen LogP contribution in [0.5, 0.6) is 11.5 Å². The Morgan fingerprint density at radius 1 is 1.13 bits per heavy atom. The maximum atomic E-state index is 13.1. The van der Waals surface area contributed by atoms with Crippen LogP contribution >= 0.6 is 27.7 Å². The van der Waals surface area contributed by atoms with Gasteiger partial charge in [0, 0.05) is 17.6 Å². The van der Waals surface area contributed by atoms with Gasteiger partial charge in [-0.3, -0.25) is 19.3 Å². The van der Waals surface area contributed by atoms with Crippen LogP contribution in [0.3, 0.4) is 0 Å².